The molecule has 2 rings (SSSR count). The van der Waals surface area contributed by atoms with Crippen molar-refractivity contribution in [2.45, 2.75) is 6.42 Å². The Kier molecular flexibility index (Phi) is 4.68. The molecule has 0 saturated carbocycles. The fourth-order valence-corrected chi connectivity index (χ4v) is 1.99. The number of hydrogen-bond donors (Lipinski definition) is 2. The van der Waals surface area contributed by atoms with Gasteiger partial charge < -0.3 is 15.4 Å². The number of halogens is 2. The Hall–Kier alpha value is -1.95. The molecule has 0 radical (unpaired) electrons. The molecule has 0 spiro atoms. The lowest BCUT2D eigenvalue weighted by atomic mass is 10.1. The monoisotopic (exact) mass is 282 g/mol. The summed E-state index contributed by atoms with van der Waals surface area (Å²) in [5.41, 5.74) is 0.770. The molecule has 20 heavy (non-hydrogen) atoms. The van der Waals surface area contributed by atoms with Gasteiger partial charge in [0.2, 0.25) is 0 Å². The molecule has 4 nitrogen and oxygen atoms in total. The van der Waals surface area contributed by atoms with Crippen molar-refractivity contribution in [3.8, 4) is 0 Å². The Labute approximate surface area is 115 Å². The highest BCUT2D eigenvalue weighted by atomic mass is 19.2. The van der Waals surface area contributed by atoms with Crippen LogP contribution in [-0.4, -0.2) is 32.7 Å². The van der Waals surface area contributed by atoms with Gasteiger partial charge in [-0.2, -0.15) is 0 Å². The van der Waals surface area contributed by atoms with E-state index in [1.54, 1.807) is 0 Å². The third-order valence-corrected chi connectivity index (χ3v) is 3.15. The number of methoxy groups -OCH3 is 1. The third-order valence-electron chi connectivity index (χ3n) is 3.15. The van der Waals surface area contributed by atoms with Crippen LogP contribution in [0.2, 0.25) is 0 Å². The molecule has 1 aromatic rings. The Balaban J connectivity index is 2.11. The van der Waals surface area contributed by atoms with Crippen LogP contribution in [0.1, 0.15) is 16.8 Å². The van der Waals surface area contributed by atoms with Crippen LogP contribution < -0.4 is 10.6 Å². The van der Waals surface area contributed by atoms with Gasteiger partial charge in [-0.1, -0.05) is 11.6 Å². The van der Waals surface area contributed by atoms with Crippen molar-refractivity contribution in [2.75, 3.05) is 32.1 Å². The van der Waals surface area contributed by atoms with E-state index in [0.29, 0.717) is 6.54 Å². The molecular weight excluding hydrogens is 266 g/mol. The number of carbonyl (C=O) groups is 1. The minimum absolute atomic E-state index is 0.0367. The fourth-order valence-electron chi connectivity index (χ4n) is 1.99. The second-order valence-electron chi connectivity index (χ2n) is 4.45. The number of nitrogens with one attached hydrogen (secondary N) is 2. The molecule has 0 aromatic heterocycles. The summed E-state index contributed by atoms with van der Waals surface area (Å²) in [6, 6.07) is 2.55. The molecule has 1 aromatic carbocycles. The molecule has 1 aliphatic rings. The van der Waals surface area contributed by atoms with Crippen LogP contribution in [0.5, 0.6) is 0 Å². The van der Waals surface area contributed by atoms with E-state index in [9.17, 15) is 13.6 Å². The number of rotatable bonds is 4. The topological polar surface area (TPSA) is 50.4 Å². The highest BCUT2D eigenvalue weighted by molar-refractivity contribution is 5.90. The summed E-state index contributed by atoms with van der Waals surface area (Å²) in [6.07, 6.45) is 2.89. The number of hydrogen-bond acceptors (Lipinski definition) is 4. The van der Waals surface area contributed by atoms with Crippen LogP contribution in [0.4, 0.5) is 14.5 Å². The summed E-state index contributed by atoms with van der Waals surface area (Å²) < 4.78 is 31.9. The Bertz CT molecular complexity index is 544. The van der Waals surface area contributed by atoms with Crippen molar-refractivity contribution in [3.63, 3.8) is 0 Å². The quantitative estimate of drug-likeness (QED) is 0.656. The van der Waals surface area contributed by atoms with E-state index in [1.807, 2.05) is 6.08 Å². The molecule has 0 amide bonds. The van der Waals surface area contributed by atoms with Gasteiger partial charge in [-0.15, -0.1) is 0 Å². The SMILES string of the molecule is COC(=O)c1ccc(NCC2=CCNCC2)c(F)c1F. The minimum Gasteiger partial charge on any atom is -0.465 e. The van der Waals surface area contributed by atoms with Gasteiger partial charge in [0, 0.05) is 13.1 Å². The van der Waals surface area contributed by atoms with Crippen LogP contribution in [0, 0.1) is 11.6 Å². The van der Waals surface area contributed by atoms with Crippen LogP contribution in [-0.2, 0) is 4.74 Å². The van der Waals surface area contributed by atoms with E-state index in [4.69, 9.17) is 0 Å². The van der Waals surface area contributed by atoms with E-state index < -0.39 is 23.2 Å². The van der Waals surface area contributed by atoms with E-state index in [0.717, 1.165) is 32.2 Å². The summed E-state index contributed by atoms with van der Waals surface area (Å²) in [4.78, 5) is 11.2. The molecule has 0 atom stereocenters. The number of esters is 1. The first kappa shape index (κ1) is 14.5. The predicted octanol–water partition coefficient (Wildman–Crippen LogP) is 2.08. The van der Waals surface area contributed by atoms with Crippen LogP contribution in [0.3, 0.4) is 0 Å². The molecule has 0 saturated heterocycles. The lowest BCUT2D eigenvalue weighted by Crippen LogP contribution is -2.23. The maximum absolute atomic E-state index is 13.8. The van der Waals surface area contributed by atoms with E-state index in [-0.39, 0.29) is 5.69 Å². The van der Waals surface area contributed by atoms with Crippen molar-refractivity contribution < 1.29 is 18.3 Å². The standard InChI is InChI=1S/C14H16F2N2O2/c1-20-14(19)10-2-3-11(13(16)12(10)15)18-8-9-4-6-17-7-5-9/h2-4,17-18H,5-8H2,1H3. The summed E-state index contributed by atoms with van der Waals surface area (Å²) in [6.45, 7) is 2.12. The van der Waals surface area contributed by atoms with Gasteiger partial charge in [-0.25, -0.2) is 13.6 Å². The smallest absolute Gasteiger partial charge is 0.340 e. The normalized spacial score (nSPS) is 14.7. The fraction of sp³-hybridized carbons (Fsp3) is 0.357. The van der Waals surface area contributed by atoms with Crippen LogP contribution >= 0.6 is 0 Å². The Morgan fingerprint density at radius 1 is 1.40 bits per heavy atom. The molecule has 0 aliphatic carbocycles. The van der Waals surface area contributed by atoms with Gasteiger partial charge >= 0.3 is 5.97 Å². The predicted molar refractivity (Wildman–Crippen MR) is 71.8 cm³/mol. The van der Waals surface area contributed by atoms with E-state index in [1.165, 1.54) is 12.1 Å². The largest absolute Gasteiger partial charge is 0.465 e. The van der Waals surface area contributed by atoms with Crippen molar-refractivity contribution in [3.05, 3.63) is 41.0 Å². The number of benzene rings is 1. The molecule has 0 bridgehead atoms. The summed E-state index contributed by atoms with van der Waals surface area (Å²) in [5.74, 6) is -3.16. The summed E-state index contributed by atoms with van der Waals surface area (Å²) in [5, 5.41) is 6.01. The second-order valence-corrected chi connectivity index (χ2v) is 4.45. The second kappa shape index (κ2) is 6.47. The van der Waals surface area contributed by atoms with Gasteiger partial charge in [0.1, 0.15) is 0 Å². The third kappa shape index (κ3) is 3.14. The molecule has 2 N–H and O–H groups in total. The zero-order valence-corrected chi connectivity index (χ0v) is 11.1. The maximum atomic E-state index is 13.8. The zero-order chi connectivity index (χ0) is 14.5. The number of anilines is 1. The maximum Gasteiger partial charge on any atom is 0.340 e. The molecular formula is C14H16F2N2O2. The molecule has 108 valence electrons. The van der Waals surface area contributed by atoms with Gasteiger partial charge in [0.25, 0.3) is 0 Å². The van der Waals surface area contributed by atoms with Gasteiger partial charge in [0.05, 0.1) is 18.4 Å². The van der Waals surface area contributed by atoms with Crippen LogP contribution in [0.15, 0.2) is 23.8 Å². The first-order valence-corrected chi connectivity index (χ1v) is 6.32. The average Bonchev–Trinajstić information content (AvgIpc) is 2.49. The van der Waals surface area contributed by atoms with Crippen molar-refractivity contribution in [2.24, 2.45) is 0 Å². The number of carbonyl (C=O) groups excluding carboxylic acids is 1. The molecule has 1 heterocycles. The first-order valence-electron chi connectivity index (χ1n) is 6.32. The zero-order valence-electron chi connectivity index (χ0n) is 11.1. The molecule has 6 heteroatoms. The van der Waals surface area contributed by atoms with Gasteiger partial charge in [-0.3, -0.25) is 0 Å². The molecule has 0 unspecified atom stereocenters. The van der Waals surface area contributed by atoms with Crippen molar-refractivity contribution >= 4 is 11.7 Å². The first-order chi connectivity index (χ1) is 9.63. The summed E-state index contributed by atoms with van der Waals surface area (Å²) in [7, 11) is 1.12. The van der Waals surface area contributed by atoms with Crippen LogP contribution in [0.25, 0.3) is 0 Å². The Morgan fingerprint density at radius 2 is 2.20 bits per heavy atom. The van der Waals surface area contributed by atoms with Gasteiger partial charge in [-0.05, 0) is 25.1 Å². The van der Waals surface area contributed by atoms with E-state index in [2.05, 4.69) is 15.4 Å². The number of ether oxygens (including phenoxy) is 1. The minimum atomic E-state index is -1.19. The lowest BCUT2D eigenvalue weighted by Gasteiger charge is -2.16. The highest BCUT2D eigenvalue weighted by Crippen LogP contribution is 2.21. The lowest BCUT2D eigenvalue weighted by molar-refractivity contribution is 0.0594. The van der Waals surface area contributed by atoms with E-state index >= 15 is 0 Å². The summed E-state index contributed by atoms with van der Waals surface area (Å²) >= 11 is 0. The Morgan fingerprint density at radius 3 is 2.85 bits per heavy atom. The highest BCUT2D eigenvalue weighted by Gasteiger charge is 2.19. The van der Waals surface area contributed by atoms with Crippen molar-refractivity contribution in [1.82, 2.24) is 5.32 Å². The molecule has 1 aliphatic heterocycles. The van der Waals surface area contributed by atoms with Gasteiger partial charge in [0.15, 0.2) is 11.6 Å². The van der Waals surface area contributed by atoms with Crippen molar-refractivity contribution in [1.29, 1.82) is 0 Å². The average molecular weight is 282 g/mol. The molecule has 0 fully saturated rings.